The summed E-state index contributed by atoms with van der Waals surface area (Å²) < 4.78 is 0. The van der Waals surface area contributed by atoms with Crippen LogP contribution >= 0.6 is 0 Å². The molecule has 23 heavy (non-hydrogen) atoms. The lowest BCUT2D eigenvalue weighted by molar-refractivity contribution is -0.124. The molecule has 0 saturated carbocycles. The average Bonchev–Trinajstić information content (AvgIpc) is 2.51. The van der Waals surface area contributed by atoms with Gasteiger partial charge in [0.15, 0.2) is 5.78 Å². The van der Waals surface area contributed by atoms with Crippen molar-refractivity contribution in [3.05, 3.63) is 34.9 Å². The first-order valence-electron chi connectivity index (χ1n) is 7.96. The van der Waals surface area contributed by atoms with Gasteiger partial charge in [-0.25, -0.2) is 0 Å². The van der Waals surface area contributed by atoms with Crippen molar-refractivity contribution in [1.82, 2.24) is 10.6 Å². The summed E-state index contributed by atoms with van der Waals surface area (Å²) in [5.74, 6) is -0.304. The molecular formula is C18H26N2O3. The number of hydrogen-bond donors (Lipinski definition) is 2. The van der Waals surface area contributed by atoms with Crippen molar-refractivity contribution >= 4 is 17.6 Å². The second-order valence-electron chi connectivity index (χ2n) is 6.04. The predicted molar refractivity (Wildman–Crippen MR) is 90.3 cm³/mol. The Morgan fingerprint density at radius 2 is 1.65 bits per heavy atom. The number of aryl methyl sites for hydroxylation is 2. The first-order chi connectivity index (χ1) is 10.8. The maximum Gasteiger partial charge on any atom is 0.222 e. The molecule has 0 aromatic heterocycles. The number of amides is 2. The van der Waals surface area contributed by atoms with Gasteiger partial charge in [-0.05, 0) is 25.5 Å². The van der Waals surface area contributed by atoms with Crippen LogP contribution in [0.25, 0.3) is 0 Å². The maximum atomic E-state index is 12.2. The third-order valence-corrected chi connectivity index (χ3v) is 3.54. The molecule has 5 nitrogen and oxygen atoms in total. The highest BCUT2D eigenvalue weighted by Crippen LogP contribution is 2.13. The number of benzene rings is 1. The van der Waals surface area contributed by atoms with Gasteiger partial charge in [0.1, 0.15) is 0 Å². The SMILES string of the molecule is Cc1ccc(C)c(C(=O)CCC(=O)NCCNC(=O)C(C)C)c1. The molecule has 0 aliphatic heterocycles. The van der Waals surface area contributed by atoms with E-state index in [9.17, 15) is 14.4 Å². The van der Waals surface area contributed by atoms with Gasteiger partial charge in [0.05, 0.1) is 0 Å². The highest BCUT2D eigenvalue weighted by molar-refractivity contribution is 5.99. The highest BCUT2D eigenvalue weighted by atomic mass is 16.2. The van der Waals surface area contributed by atoms with Gasteiger partial charge >= 0.3 is 0 Å². The van der Waals surface area contributed by atoms with Gasteiger partial charge in [-0.2, -0.15) is 0 Å². The summed E-state index contributed by atoms with van der Waals surface area (Å²) in [4.78, 5) is 35.3. The number of nitrogens with one attached hydrogen (secondary N) is 2. The van der Waals surface area contributed by atoms with Crippen LogP contribution in [-0.4, -0.2) is 30.7 Å². The highest BCUT2D eigenvalue weighted by Gasteiger charge is 2.12. The van der Waals surface area contributed by atoms with Crippen LogP contribution in [0, 0.1) is 19.8 Å². The number of hydrogen-bond acceptors (Lipinski definition) is 3. The molecule has 2 N–H and O–H groups in total. The van der Waals surface area contributed by atoms with Crippen molar-refractivity contribution < 1.29 is 14.4 Å². The number of ketones is 1. The largest absolute Gasteiger partial charge is 0.354 e. The summed E-state index contributed by atoms with van der Waals surface area (Å²) in [5.41, 5.74) is 2.64. The van der Waals surface area contributed by atoms with Crippen LogP contribution in [0.15, 0.2) is 18.2 Å². The van der Waals surface area contributed by atoms with Crippen LogP contribution in [0.1, 0.15) is 48.2 Å². The van der Waals surface area contributed by atoms with Crippen LogP contribution in [-0.2, 0) is 9.59 Å². The molecule has 0 radical (unpaired) electrons. The smallest absolute Gasteiger partial charge is 0.222 e. The molecule has 0 bridgehead atoms. The summed E-state index contributed by atoms with van der Waals surface area (Å²) in [7, 11) is 0. The third-order valence-electron chi connectivity index (χ3n) is 3.54. The van der Waals surface area contributed by atoms with Crippen molar-refractivity contribution in [1.29, 1.82) is 0 Å². The van der Waals surface area contributed by atoms with Crippen LogP contribution in [0.4, 0.5) is 0 Å². The fourth-order valence-corrected chi connectivity index (χ4v) is 2.08. The number of carbonyl (C=O) groups excluding carboxylic acids is 3. The first kappa shape index (κ1) is 18.9. The van der Waals surface area contributed by atoms with Crippen LogP contribution in [0.2, 0.25) is 0 Å². The number of rotatable bonds is 8. The van der Waals surface area contributed by atoms with Crippen LogP contribution < -0.4 is 10.6 Å². The van der Waals surface area contributed by atoms with Crippen molar-refractivity contribution in [3.8, 4) is 0 Å². The van der Waals surface area contributed by atoms with E-state index in [1.165, 1.54) is 0 Å². The molecule has 0 aliphatic rings. The van der Waals surface area contributed by atoms with E-state index in [2.05, 4.69) is 10.6 Å². The lowest BCUT2D eigenvalue weighted by Gasteiger charge is -2.09. The maximum absolute atomic E-state index is 12.2. The Kier molecular flexibility index (Phi) is 7.45. The average molecular weight is 318 g/mol. The van der Waals surface area contributed by atoms with Crippen molar-refractivity contribution in [3.63, 3.8) is 0 Å². The molecule has 0 heterocycles. The minimum atomic E-state index is -0.178. The lowest BCUT2D eigenvalue weighted by Crippen LogP contribution is -2.36. The van der Waals surface area contributed by atoms with E-state index in [4.69, 9.17) is 0 Å². The van der Waals surface area contributed by atoms with E-state index in [0.29, 0.717) is 18.7 Å². The second kappa shape index (κ2) is 9.08. The third kappa shape index (κ3) is 6.63. The van der Waals surface area contributed by atoms with Crippen molar-refractivity contribution in [2.45, 2.75) is 40.5 Å². The summed E-state index contributed by atoms with van der Waals surface area (Å²) in [6, 6.07) is 5.74. The van der Waals surface area contributed by atoms with E-state index in [1.54, 1.807) is 0 Å². The van der Waals surface area contributed by atoms with Crippen molar-refractivity contribution in [2.24, 2.45) is 5.92 Å². The predicted octanol–water partition coefficient (Wildman–Crippen LogP) is 2.15. The second-order valence-corrected chi connectivity index (χ2v) is 6.04. The molecule has 126 valence electrons. The monoisotopic (exact) mass is 318 g/mol. The summed E-state index contributed by atoms with van der Waals surface area (Å²) >= 11 is 0. The van der Waals surface area contributed by atoms with E-state index in [-0.39, 0.29) is 36.4 Å². The lowest BCUT2D eigenvalue weighted by atomic mass is 9.99. The van der Waals surface area contributed by atoms with Gasteiger partial charge in [0.25, 0.3) is 0 Å². The summed E-state index contributed by atoms with van der Waals surface area (Å²) in [6.45, 7) is 8.22. The molecule has 2 amide bonds. The molecule has 1 aromatic carbocycles. The van der Waals surface area contributed by atoms with Crippen LogP contribution in [0.3, 0.4) is 0 Å². The van der Waals surface area contributed by atoms with Gasteiger partial charge in [-0.3, -0.25) is 14.4 Å². The van der Waals surface area contributed by atoms with Crippen LogP contribution in [0.5, 0.6) is 0 Å². The van der Waals surface area contributed by atoms with E-state index in [0.717, 1.165) is 11.1 Å². The van der Waals surface area contributed by atoms with Crippen molar-refractivity contribution in [2.75, 3.05) is 13.1 Å². The minimum Gasteiger partial charge on any atom is -0.354 e. The number of carbonyl (C=O) groups is 3. The first-order valence-corrected chi connectivity index (χ1v) is 7.96. The van der Waals surface area contributed by atoms with E-state index in [1.807, 2.05) is 45.9 Å². The topological polar surface area (TPSA) is 75.3 Å². The minimum absolute atomic E-state index is 0.0190. The summed E-state index contributed by atoms with van der Waals surface area (Å²) in [6.07, 6.45) is 0.346. The Bertz CT molecular complexity index is 580. The quantitative estimate of drug-likeness (QED) is 0.570. The molecule has 5 heteroatoms. The zero-order chi connectivity index (χ0) is 17.4. The molecule has 1 aromatic rings. The Morgan fingerprint density at radius 3 is 2.30 bits per heavy atom. The molecule has 0 fully saturated rings. The number of Topliss-reactive ketones (excluding diaryl/α,β-unsaturated/α-hetero) is 1. The molecule has 0 spiro atoms. The molecular weight excluding hydrogens is 292 g/mol. The standard InChI is InChI=1S/C18H26N2O3/c1-12(2)18(23)20-10-9-19-17(22)8-7-16(21)15-11-13(3)5-6-14(15)4/h5-6,11-12H,7-10H2,1-4H3,(H,19,22)(H,20,23). The van der Waals surface area contributed by atoms with Gasteiger partial charge < -0.3 is 10.6 Å². The zero-order valence-corrected chi connectivity index (χ0v) is 14.4. The van der Waals surface area contributed by atoms with Gasteiger partial charge in [-0.1, -0.05) is 31.5 Å². The fraction of sp³-hybridized carbons (Fsp3) is 0.500. The van der Waals surface area contributed by atoms with Gasteiger partial charge in [-0.15, -0.1) is 0 Å². The molecule has 0 atom stereocenters. The zero-order valence-electron chi connectivity index (χ0n) is 14.4. The Balaban J connectivity index is 2.32. The molecule has 0 unspecified atom stereocenters. The Labute approximate surface area is 137 Å². The normalized spacial score (nSPS) is 10.5. The van der Waals surface area contributed by atoms with Gasteiger partial charge in [0, 0.05) is 37.4 Å². The van der Waals surface area contributed by atoms with E-state index < -0.39 is 0 Å². The molecule has 0 aliphatic carbocycles. The Hall–Kier alpha value is -2.17. The molecule has 1 rings (SSSR count). The fourth-order valence-electron chi connectivity index (χ4n) is 2.08. The summed E-state index contributed by atoms with van der Waals surface area (Å²) in [5, 5.41) is 5.43. The van der Waals surface area contributed by atoms with E-state index >= 15 is 0 Å². The van der Waals surface area contributed by atoms with Gasteiger partial charge in [0.2, 0.25) is 11.8 Å². The molecule has 0 saturated heterocycles. The Morgan fingerprint density at radius 1 is 1.00 bits per heavy atom.